The van der Waals surface area contributed by atoms with E-state index in [0.717, 1.165) is 6.92 Å². The molecule has 2 aliphatic rings. The van der Waals surface area contributed by atoms with Crippen LogP contribution in [-0.2, 0) is 33.6 Å². The first kappa shape index (κ1) is 31.3. The van der Waals surface area contributed by atoms with E-state index in [1.54, 1.807) is 13.0 Å². The zero-order chi connectivity index (χ0) is 29.8. The average Bonchev–Trinajstić information content (AvgIpc) is 3.26. The van der Waals surface area contributed by atoms with Gasteiger partial charge in [-0.25, -0.2) is 27.3 Å². The maximum atomic E-state index is 15.0. The van der Waals surface area contributed by atoms with Crippen LogP contribution in [0.1, 0.15) is 58.4 Å². The highest BCUT2D eigenvalue weighted by molar-refractivity contribution is 7.91. The van der Waals surface area contributed by atoms with Crippen LogP contribution >= 0.6 is 0 Å². The number of imide groups is 1. The number of nitrogens with zero attached hydrogens (tertiary/aromatic N) is 2. The van der Waals surface area contributed by atoms with Gasteiger partial charge in [0.1, 0.15) is 27.8 Å². The highest BCUT2D eigenvalue weighted by atomic mass is 32.2. The van der Waals surface area contributed by atoms with Gasteiger partial charge in [-0.2, -0.15) is 0 Å². The maximum absolute atomic E-state index is 15.0. The van der Waals surface area contributed by atoms with Crippen molar-refractivity contribution in [2.45, 2.75) is 71.3 Å². The van der Waals surface area contributed by atoms with Crippen LogP contribution in [0.3, 0.4) is 0 Å². The molecule has 0 radical (unpaired) electrons. The molecule has 1 unspecified atom stereocenters. The van der Waals surface area contributed by atoms with Crippen LogP contribution in [0.2, 0.25) is 0 Å². The van der Waals surface area contributed by atoms with Crippen molar-refractivity contribution in [2.24, 2.45) is 11.7 Å². The lowest BCUT2D eigenvalue weighted by Gasteiger charge is -2.24. The number of anilines is 1. The summed E-state index contributed by atoms with van der Waals surface area (Å²) in [6.45, 7) is 5.64. The topological polar surface area (TPSA) is 163 Å². The summed E-state index contributed by atoms with van der Waals surface area (Å²) in [6, 6.07) is 3.35. The van der Waals surface area contributed by atoms with Crippen LogP contribution in [0.15, 0.2) is 18.2 Å². The Morgan fingerprint density at radius 3 is 2.42 bits per heavy atom. The quantitative estimate of drug-likeness (QED) is 0.337. The van der Waals surface area contributed by atoms with E-state index in [-0.39, 0.29) is 42.1 Å². The Labute approximate surface area is 232 Å². The molecule has 0 bridgehead atoms. The summed E-state index contributed by atoms with van der Waals surface area (Å²) in [7, 11) is -3.09. The van der Waals surface area contributed by atoms with E-state index in [4.69, 9.17) is 19.9 Å². The molecule has 2 fully saturated rings. The number of hydrogen-bond acceptors (Lipinski definition) is 10. The first-order chi connectivity index (χ1) is 18.7. The van der Waals surface area contributed by atoms with Crippen LogP contribution in [-0.4, -0.2) is 80.4 Å². The van der Waals surface area contributed by atoms with E-state index < -0.39 is 58.2 Å². The van der Waals surface area contributed by atoms with Gasteiger partial charge < -0.3 is 19.9 Å². The van der Waals surface area contributed by atoms with Crippen molar-refractivity contribution in [1.82, 2.24) is 4.90 Å². The second kappa shape index (κ2) is 12.9. The Morgan fingerprint density at radius 1 is 1.20 bits per heavy atom. The van der Waals surface area contributed by atoms with Crippen molar-refractivity contribution < 1.29 is 46.2 Å². The Morgan fingerprint density at radius 2 is 1.85 bits per heavy atom. The minimum atomic E-state index is -3.09. The molecule has 0 aromatic heterocycles. The summed E-state index contributed by atoms with van der Waals surface area (Å²) in [5.41, 5.74) is 6.43. The number of carbonyl (C=O) groups excluding carboxylic acids is 4. The largest absolute Gasteiger partial charge is 0.442 e. The van der Waals surface area contributed by atoms with E-state index in [1.807, 2.05) is 6.92 Å². The predicted octanol–water partition coefficient (Wildman–Crippen LogP) is 2.69. The smallest absolute Gasteiger partial charge is 0.419 e. The third-order valence-electron chi connectivity index (χ3n) is 7.23. The fraction of sp³-hybridized carbons (Fsp3) is 0.615. The summed E-state index contributed by atoms with van der Waals surface area (Å²) < 4.78 is 53.8. The van der Waals surface area contributed by atoms with E-state index in [9.17, 15) is 32.0 Å². The van der Waals surface area contributed by atoms with Crippen LogP contribution in [0, 0.1) is 11.7 Å². The molecular formula is C26H36FN3O9S. The van der Waals surface area contributed by atoms with Crippen LogP contribution in [0.25, 0.3) is 0 Å². The molecule has 2 N–H and O–H groups in total. The van der Waals surface area contributed by atoms with Gasteiger partial charge in [0.25, 0.3) is 0 Å². The molecule has 1 aromatic rings. The van der Waals surface area contributed by atoms with E-state index in [1.165, 1.54) is 24.0 Å². The van der Waals surface area contributed by atoms with Crippen LogP contribution in [0.4, 0.5) is 19.7 Å². The van der Waals surface area contributed by atoms with Crippen molar-refractivity contribution in [3.63, 3.8) is 0 Å². The van der Waals surface area contributed by atoms with Crippen LogP contribution < -0.4 is 10.6 Å². The molecule has 14 heteroatoms. The van der Waals surface area contributed by atoms with Crippen molar-refractivity contribution in [2.75, 3.05) is 29.5 Å². The molecular weight excluding hydrogens is 549 g/mol. The summed E-state index contributed by atoms with van der Waals surface area (Å²) >= 11 is 0. The lowest BCUT2D eigenvalue weighted by molar-refractivity contribution is -0.169. The molecule has 12 nitrogen and oxygen atoms in total. The number of nitrogens with two attached hydrogens (primary N) is 1. The Kier molecular flexibility index (Phi) is 10.1. The summed E-state index contributed by atoms with van der Waals surface area (Å²) in [6.07, 6.45) is -2.87. The molecule has 4 atom stereocenters. The predicted molar refractivity (Wildman–Crippen MR) is 141 cm³/mol. The number of esters is 1. The average molecular weight is 586 g/mol. The first-order valence-electron chi connectivity index (χ1n) is 13.1. The summed E-state index contributed by atoms with van der Waals surface area (Å²) in [4.78, 5) is 51.4. The third kappa shape index (κ3) is 7.68. The molecule has 0 saturated carbocycles. The monoisotopic (exact) mass is 585 g/mol. The van der Waals surface area contributed by atoms with Crippen molar-refractivity contribution >= 4 is 39.6 Å². The zero-order valence-corrected chi connectivity index (χ0v) is 23.8. The maximum Gasteiger partial charge on any atom is 0.419 e. The molecule has 2 saturated heterocycles. The summed E-state index contributed by atoms with van der Waals surface area (Å²) in [5, 5.41) is 0. The van der Waals surface area contributed by atoms with Gasteiger partial charge in [0, 0.05) is 13.8 Å². The highest BCUT2D eigenvalue weighted by Crippen LogP contribution is 2.33. The van der Waals surface area contributed by atoms with Gasteiger partial charge in [-0.15, -0.1) is 0 Å². The minimum Gasteiger partial charge on any atom is -0.442 e. The molecule has 3 rings (SSSR count). The van der Waals surface area contributed by atoms with Crippen LogP contribution in [0.5, 0.6) is 0 Å². The number of benzene rings is 1. The fourth-order valence-electron chi connectivity index (χ4n) is 4.54. The number of rotatable bonds is 9. The number of ether oxygens (including phenoxy) is 3. The Balaban J connectivity index is 1.60. The van der Waals surface area contributed by atoms with Crippen molar-refractivity contribution in [3.8, 4) is 0 Å². The normalized spacial score (nSPS) is 21.2. The molecule has 222 valence electrons. The minimum absolute atomic E-state index is 0.000876. The number of amides is 3. The van der Waals surface area contributed by atoms with Gasteiger partial charge >= 0.3 is 18.2 Å². The van der Waals surface area contributed by atoms with E-state index >= 15 is 0 Å². The molecule has 0 aliphatic carbocycles. The molecule has 40 heavy (non-hydrogen) atoms. The number of halogens is 1. The number of sulfone groups is 1. The second-order valence-electron chi connectivity index (χ2n) is 10.2. The summed E-state index contributed by atoms with van der Waals surface area (Å²) in [5.74, 6) is -2.40. The Bertz CT molecular complexity index is 1230. The SMILES string of the molecule is CC[C@H](C)[C@H](N)C(=O)OC(C)OC(=O)N(C[C@H]1CN(c2ccc(C3CCS(=O)(=O)CC3)c(F)c2)C(=O)O1)C(C)=O. The number of cyclic esters (lactones) is 1. The zero-order valence-electron chi connectivity index (χ0n) is 23.0. The van der Waals surface area contributed by atoms with Gasteiger partial charge in [-0.05, 0) is 42.4 Å². The van der Waals surface area contributed by atoms with Gasteiger partial charge in [-0.3, -0.25) is 14.5 Å². The molecule has 0 spiro atoms. The highest BCUT2D eigenvalue weighted by Gasteiger charge is 2.37. The molecule has 2 aliphatic heterocycles. The Hall–Kier alpha value is -3.26. The number of hydrogen-bond donors (Lipinski definition) is 1. The van der Waals surface area contributed by atoms with E-state index in [0.29, 0.717) is 29.7 Å². The van der Waals surface area contributed by atoms with Crippen molar-refractivity contribution in [3.05, 3.63) is 29.6 Å². The third-order valence-corrected chi connectivity index (χ3v) is 8.94. The van der Waals surface area contributed by atoms with E-state index in [2.05, 4.69) is 0 Å². The fourth-order valence-corrected chi connectivity index (χ4v) is 6.03. The lowest BCUT2D eigenvalue weighted by Crippen LogP contribution is -2.44. The van der Waals surface area contributed by atoms with Gasteiger partial charge in [0.05, 0.1) is 30.3 Å². The van der Waals surface area contributed by atoms with Gasteiger partial charge in [-0.1, -0.05) is 26.3 Å². The number of carbonyl (C=O) groups is 4. The van der Waals surface area contributed by atoms with Gasteiger partial charge in [0.2, 0.25) is 12.2 Å². The molecule has 3 amide bonds. The standard InChI is InChI=1S/C26H36FN3O9S/c1-5-15(2)23(28)24(32)37-17(4)38-25(33)29(16(3)31)13-20-14-30(26(34)39-20)19-6-7-21(22(27)12-19)18-8-10-40(35,36)11-9-18/h6-7,12,15,17-18,20,23H,5,8-11,13-14,28H2,1-4H3/t15-,17?,20-,23-/m0/s1. The molecule has 1 aromatic carbocycles. The first-order valence-corrected chi connectivity index (χ1v) is 15.0. The lowest BCUT2D eigenvalue weighted by atomic mass is 9.93. The molecule has 2 heterocycles. The van der Waals surface area contributed by atoms with Crippen molar-refractivity contribution in [1.29, 1.82) is 0 Å². The second-order valence-corrected chi connectivity index (χ2v) is 12.5. The van der Waals surface area contributed by atoms with Gasteiger partial charge in [0.15, 0.2) is 0 Å².